The predicted molar refractivity (Wildman–Crippen MR) is 265 cm³/mol. The lowest BCUT2D eigenvalue weighted by Crippen LogP contribution is -2.39. The zero-order valence-electron chi connectivity index (χ0n) is 36.7. The van der Waals surface area contributed by atoms with Gasteiger partial charge in [-0.1, -0.05) is 71.7 Å². The van der Waals surface area contributed by atoms with E-state index in [0.29, 0.717) is 99.0 Å². The molecular formula is C47H46Cl5N7O8. The molecule has 2 saturated heterocycles. The Bertz CT molecular complexity index is 2750. The molecule has 6 aromatic rings. The number of methoxy groups -OCH3 is 4. The van der Waals surface area contributed by atoms with Gasteiger partial charge in [-0.25, -0.2) is 19.9 Å². The Labute approximate surface area is 411 Å². The molecule has 0 spiro atoms. The number of ether oxygens (including phenoxy) is 6. The molecule has 8 rings (SSSR count). The number of aromatic nitrogens is 4. The topological polar surface area (TPSA) is 191 Å². The van der Waals surface area contributed by atoms with Gasteiger partial charge >= 0.3 is 0 Å². The van der Waals surface area contributed by atoms with Crippen molar-refractivity contribution >= 4 is 103 Å². The summed E-state index contributed by atoms with van der Waals surface area (Å²) in [6.07, 6.45) is 6.24. The maximum atomic E-state index is 11.8. The lowest BCUT2D eigenvalue weighted by molar-refractivity contribution is -0.115. The van der Waals surface area contributed by atoms with Crippen LogP contribution in [0.5, 0.6) is 23.0 Å². The number of anilines is 2. The van der Waals surface area contributed by atoms with Crippen molar-refractivity contribution in [2.24, 2.45) is 11.7 Å². The number of fused-ring (bicyclic) bond motifs is 2. The van der Waals surface area contributed by atoms with Gasteiger partial charge in [0.05, 0.1) is 104 Å². The van der Waals surface area contributed by atoms with E-state index < -0.39 is 5.24 Å². The number of ketones is 1. The number of benzene rings is 4. The van der Waals surface area contributed by atoms with Crippen molar-refractivity contribution in [1.82, 2.24) is 19.9 Å². The summed E-state index contributed by atoms with van der Waals surface area (Å²) in [7, 11) is 6.16. The highest BCUT2D eigenvalue weighted by Gasteiger charge is 2.30. The predicted octanol–water partition coefficient (Wildman–Crippen LogP) is 9.89. The van der Waals surface area contributed by atoms with Crippen molar-refractivity contribution in [2.45, 2.75) is 24.5 Å². The van der Waals surface area contributed by atoms with Gasteiger partial charge in [0.25, 0.3) is 0 Å². The minimum absolute atomic E-state index is 0.00393. The minimum Gasteiger partial charge on any atom is -0.495 e. The Kier molecular flexibility index (Phi) is 17.9. The van der Waals surface area contributed by atoms with Crippen LogP contribution in [0.25, 0.3) is 44.1 Å². The van der Waals surface area contributed by atoms with Gasteiger partial charge in [0.2, 0.25) is 17.1 Å². The van der Waals surface area contributed by atoms with Crippen molar-refractivity contribution in [3.05, 3.63) is 106 Å². The summed E-state index contributed by atoms with van der Waals surface area (Å²) in [6.45, 7) is 8.69. The van der Waals surface area contributed by atoms with Crippen LogP contribution in [0.3, 0.4) is 0 Å². The second-order valence-electron chi connectivity index (χ2n) is 14.9. The summed E-state index contributed by atoms with van der Waals surface area (Å²) in [5.74, 6) is 2.92. The van der Waals surface area contributed by atoms with Gasteiger partial charge in [-0.05, 0) is 59.1 Å². The maximum Gasteiger partial charge on any atom is 0.244 e. The molecule has 0 saturated carbocycles. The fourth-order valence-electron chi connectivity index (χ4n) is 7.15. The van der Waals surface area contributed by atoms with E-state index >= 15 is 0 Å². The first-order chi connectivity index (χ1) is 32.2. The number of hydrogen-bond donors (Lipinski definition) is 3. The largest absolute Gasteiger partial charge is 0.495 e. The molecule has 15 nitrogen and oxygen atoms in total. The van der Waals surface area contributed by atoms with Crippen molar-refractivity contribution < 1.29 is 38.0 Å². The molecule has 0 aliphatic carbocycles. The molecule has 4 atom stereocenters. The number of carbonyl (C=O) groups excluding carboxylic acids is 2. The standard InChI is InChI=1S/C24H23Cl2N3O4.C20H20Cl2N4O3.C3H3ClO/c1-4-16(30)8-15-11-33-12-18(15)29-24-27-10-14-7-13(5-6-17(14)28-24)21-22(25)19(31-2)9-20(32-3)23(21)26;1-27-15-6-16(28-2)19(22)17(18(15)21)10-3-4-13-11(5-10)7-24-20(25-13)26-14-9-29-8-12(14)23;1-2-3(4)5/h4-7,9-10,15,18H,1,8,11-12H2,2-3H3,(H,27,28,29);3-7,12,14H,8-9,23H2,1-2H3,(H,24,25,26);2H,1H2/t15-,18+;12-,14+;/m00./s1. The first kappa shape index (κ1) is 50.9. The summed E-state index contributed by atoms with van der Waals surface area (Å²) < 4.78 is 32.4. The molecule has 0 radical (unpaired) electrons. The molecule has 67 heavy (non-hydrogen) atoms. The molecule has 2 fully saturated rings. The molecule has 20 heteroatoms. The quantitative estimate of drug-likeness (QED) is 0.0690. The summed E-state index contributed by atoms with van der Waals surface area (Å²) in [5.41, 5.74) is 10.4. The number of rotatable bonds is 14. The monoisotopic (exact) mass is 1010 g/mol. The SMILES string of the molecule is C=CC(=O)C[C@H]1COC[C@H]1Nc1ncc2cc(-c3c(Cl)c(OC)cc(OC)c3Cl)ccc2n1.C=CC(=O)Cl.COc1cc(OC)c(Cl)c(-c2ccc3nc(N[C@@H]4COC[C@@H]4N)ncc3c2)c1Cl. The van der Waals surface area contributed by atoms with E-state index in [9.17, 15) is 9.59 Å². The van der Waals surface area contributed by atoms with E-state index in [0.717, 1.165) is 39.0 Å². The lowest BCUT2D eigenvalue weighted by atomic mass is 9.97. The Balaban J connectivity index is 0.000000202. The van der Waals surface area contributed by atoms with Crippen LogP contribution in [0.4, 0.5) is 11.9 Å². The highest BCUT2D eigenvalue weighted by Crippen LogP contribution is 2.47. The molecule has 352 valence electrons. The lowest BCUT2D eigenvalue weighted by Gasteiger charge is -2.18. The van der Waals surface area contributed by atoms with Crippen LogP contribution in [-0.4, -0.2) is 104 Å². The number of nitrogens with zero attached hydrogens (tertiary/aromatic N) is 4. The van der Waals surface area contributed by atoms with Crippen LogP contribution in [0, 0.1) is 5.92 Å². The highest BCUT2D eigenvalue weighted by atomic mass is 35.5. The first-order valence-corrected chi connectivity index (χ1v) is 22.3. The summed E-state index contributed by atoms with van der Waals surface area (Å²) in [5, 5.41) is 9.28. The molecule has 2 aliphatic heterocycles. The molecule has 4 N–H and O–H groups in total. The second kappa shape index (κ2) is 23.5. The number of carbonyl (C=O) groups is 2. The summed E-state index contributed by atoms with van der Waals surface area (Å²) in [4.78, 5) is 39.3. The Morgan fingerprint density at radius 2 is 1.09 bits per heavy atom. The number of halogens is 5. The molecule has 0 unspecified atom stereocenters. The Hall–Kier alpha value is -5.49. The fraction of sp³-hybridized carbons (Fsp3) is 0.277. The average molecular weight is 1010 g/mol. The van der Waals surface area contributed by atoms with Gasteiger partial charge in [0.15, 0.2) is 5.78 Å². The Morgan fingerprint density at radius 1 is 0.672 bits per heavy atom. The molecule has 4 heterocycles. The summed E-state index contributed by atoms with van der Waals surface area (Å²) in [6, 6.07) is 14.6. The number of nitrogens with one attached hydrogen (secondary N) is 2. The minimum atomic E-state index is -0.509. The second-order valence-corrected chi connectivity index (χ2v) is 16.8. The van der Waals surface area contributed by atoms with Crippen LogP contribution in [0.15, 0.2) is 86.2 Å². The smallest absolute Gasteiger partial charge is 0.244 e. The van der Waals surface area contributed by atoms with Crippen LogP contribution in [0.1, 0.15) is 6.42 Å². The average Bonchev–Trinajstić information content (AvgIpc) is 3.96. The van der Waals surface area contributed by atoms with Crippen LogP contribution in [-0.2, 0) is 19.1 Å². The molecular weight excluding hydrogens is 968 g/mol. The van der Waals surface area contributed by atoms with E-state index in [1.807, 2.05) is 36.4 Å². The van der Waals surface area contributed by atoms with E-state index in [-0.39, 0.29) is 29.8 Å². The van der Waals surface area contributed by atoms with Gasteiger partial charge in [-0.2, -0.15) is 0 Å². The highest BCUT2D eigenvalue weighted by molar-refractivity contribution is 6.66. The van der Waals surface area contributed by atoms with E-state index in [4.69, 9.17) is 92.2 Å². The van der Waals surface area contributed by atoms with Gasteiger partial charge < -0.3 is 44.8 Å². The maximum absolute atomic E-state index is 11.8. The van der Waals surface area contributed by atoms with E-state index in [1.54, 1.807) is 38.7 Å². The van der Waals surface area contributed by atoms with Gasteiger partial charge in [0, 0.05) is 58.8 Å². The third-order valence-corrected chi connectivity index (χ3v) is 12.3. The summed E-state index contributed by atoms with van der Waals surface area (Å²) >= 11 is 30.9. The van der Waals surface area contributed by atoms with Crippen LogP contribution < -0.4 is 35.3 Å². The third-order valence-electron chi connectivity index (χ3n) is 10.7. The molecule has 0 amide bonds. The van der Waals surface area contributed by atoms with Crippen LogP contribution in [0.2, 0.25) is 20.1 Å². The number of allylic oxidation sites excluding steroid dienone is 2. The van der Waals surface area contributed by atoms with Crippen molar-refractivity contribution in [3.8, 4) is 45.3 Å². The zero-order valence-corrected chi connectivity index (χ0v) is 40.5. The van der Waals surface area contributed by atoms with E-state index in [1.165, 1.54) is 20.3 Å². The fourth-order valence-corrected chi connectivity index (χ4v) is 8.59. The molecule has 0 bridgehead atoms. The van der Waals surface area contributed by atoms with E-state index in [2.05, 4.69) is 43.7 Å². The van der Waals surface area contributed by atoms with Crippen molar-refractivity contribution in [2.75, 3.05) is 65.5 Å². The normalized spacial score (nSPS) is 17.3. The van der Waals surface area contributed by atoms with Crippen LogP contribution >= 0.6 is 58.0 Å². The molecule has 2 aliphatic rings. The number of hydrogen-bond acceptors (Lipinski definition) is 15. The van der Waals surface area contributed by atoms with Gasteiger partial charge in [0.1, 0.15) is 23.0 Å². The molecule has 4 aromatic carbocycles. The first-order valence-electron chi connectivity index (χ1n) is 20.4. The Morgan fingerprint density at radius 3 is 1.48 bits per heavy atom. The van der Waals surface area contributed by atoms with Gasteiger partial charge in [-0.15, -0.1) is 0 Å². The van der Waals surface area contributed by atoms with Gasteiger partial charge in [-0.3, -0.25) is 9.59 Å². The van der Waals surface area contributed by atoms with Crippen molar-refractivity contribution in [1.29, 1.82) is 0 Å². The third kappa shape index (κ3) is 12.2. The zero-order chi connectivity index (χ0) is 48.4. The molecule has 2 aromatic heterocycles. The van der Waals surface area contributed by atoms with Crippen molar-refractivity contribution in [3.63, 3.8) is 0 Å². The number of nitrogens with two attached hydrogens (primary N) is 1.